The minimum Gasteiger partial charge on any atom is -0.319 e. The Morgan fingerprint density at radius 3 is 2.44 bits per heavy atom. The molecule has 0 radical (unpaired) electrons. The topological polar surface area (TPSA) is 58.2 Å². The van der Waals surface area contributed by atoms with E-state index in [0.29, 0.717) is 0 Å². The SMILES string of the molecule is CC(C)(C)S(=O)N[C@@H]1c2cc(P(C)(C)=O)ccc2CC12CCNCC2. The first kappa shape index (κ1) is 19.3. The monoisotopic (exact) mass is 382 g/mol. The van der Waals surface area contributed by atoms with Crippen LogP contribution in [0.1, 0.15) is 50.8 Å². The average Bonchev–Trinajstić information content (AvgIpc) is 2.79. The van der Waals surface area contributed by atoms with E-state index in [0.717, 1.165) is 37.7 Å². The van der Waals surface area contributed by atoms with Gasteiger partial charge in [0.1, 0.15) is 7.14 Å². The predicted molar refractivity (Wildman–Crippen MR) is 108 cm³/mol. The Morgan fingerprint density at radius 1 is 1.24 bits per heavy atom. The van der Waals surface area contributed by atoms with E-state index in [4.69, 9.17) is 0 Å². The molecular weight excluding hydrogens is 351 g/mol. The average molecular weight is 383 g/mol. The molecule has 1 fully saturated rings. The van der Waals surface area contributed by atoms with Crippen molar-refractivity contribution >= 4 is 23.4 Å². The van der Waals surface area contributed by atoms with Crippen molar-refractivity contribution in [3.05, 3.63) is 29.3 Å². The van der Waals surface area contributed by atoms with Crippen LogP contribution in [0.25, 0.3) is 0 Å². The van der Waals surface area contributed by atoms with Crippen LogP contribution in [0.4, 0.5) is 0 Å². The first-order valence-electron chi connectivity index (χ1n) is 9.10. The zero-order valence-corrected chi connectivity index (χ0v) is 17.7. The molecule has 2 aliphatic rings. The number of rotatable bonds is 3. The summed E-state index contributed by atoms with van der Waals surface area (Å²) in [6.07, 6.45) is 3.17. The molecule has 1 heterocycles. The Hall–Kier alpha value is -0.480. The number of hydrogen-bond acceptors (Lipinski definition) is 3. The zero-order chi connectivity index (χ0) is 18.5. The molecule has 2 N–H and O–H groups in total. The van der Waals surface area contributed by atoms with E-state index < -0.39 is 18.1 Å². The minimum absolute atomic E-state index is 0.0659. The molecule has 0 bridgehead atoms. The van der Waals surface area contributed by atoms with Gasteiger partial charge in [0.25, 0.3) is 0 Å². The number of nitrogens with one attached hydrogen (secondary N) is 2. The summed E-state index contributed by atoms with van der Waals surface area (Å²) in [6.45, 7) is 11.7. The number of fused-ring (bicyclic) bond motifs is 1. The third kappa shape index (κ3) is 3.80. The second-order valence-electron chi connectivity index (χ2n) is 8.96. The van der Waals surface area contributed by atoms with Crippen LogP contribution in [-0.2, 0) is 22.0 Å². The third-order valence-electron chi connectivity index (χ3n) is 5.60. The normalized spacial score (nSPS) is 24.3. The maximum atomic E-state index is 12.9. The number of hydrogen-bond donors (Lipinski definition) is 2. The fourth-order valence-corrected chi connectivity index (χ4v) is 5.85. The first-order chi connectivity index (χ1) is 11.5. The summed E-state index contributed by atoms with van der Waals surface area (Å²) < 4.78 is 28.6. The molecule has 1 aliphatic heterocycles. The van der Waals surface area contributed by atoms with Gasteiger partial charge in [-0.05, 0) is 89.1 Å². The van der Waals surface area contributed by atoms with E-state index in [-0.39, 0.29) is 16.2 Å². The molecule has 1 saturated heterocycles. The molecule has 0 aromatic heterocycles. The van der Waals surface area contributed by atoms with Crippen LogP contribution in [0.15, 0.2) is 18.2 Å². The van der Waals surface area contributed by atoms with Gasteiger partial charge >= 0.3 is 0 Å². The fourth-order valence-electron chi connectivity index (χ4n) is 4.02. The summed E-state index contributed by atoms with van der Waals surface area (Å²) in [5, 5.41) is 4.38. The van der Waals surface area contributed by atoms with Crippen LogP contribution in [0.3, 0.4) is 0 Å². The van der Waals surface area contributed by atoms with Gasteiger partial charge in [-0.25, -0.2) is 8.93 Å². The summed E-state index contributed by atoms with van der Waals surface area (Å²) in [6, 6.07) is 6.36. The van der Waals surface area contributed by atoms with Gasteiger partial charge in [0.05, 0.1) is 21.8 Å². The summed E-state index contributed by atoms with van der Waals surface area (Å²) in [5.74, 6) is 0. The molecule has 1 unspecified atom stereocenters. The quantitative estimate of drug-likeness (QED) is 0.791. The van der Waals surface area contributed by atoms with E-state index in [1.165, 1.54) is 11.1 Å². The van der Waals surface area contributed by atoms with Crippen LogP contribution in [0, 0.1) is 5.41 Å². The highest BCUT2D eigenvalue weighted by Gasteiger charge is 2.48. The predicted octanol–water partition coefficient (Wildman–Crippen LogP) is 2.95. The van der Waals surface area contributed by atoms with Gasteiger partial charge in [0.2, 0.25) is 0 Å². The zero-order valence-electron chi connectivity index (χ0n) is 16.0. The van der Waals surface area contributed by atoms with Crippen LogP contribution in [-0.4, -0.2) is 35.4 Å². The molecular formula is C19H31N2O2PS. The van der Waals surface area contributed by atoms with Gasteiger partial charge in [-0.15, -0.1) is 0 Å². The minimum atomic E-state index is -2.31. The van der Waals surface area contributed by atoms with E-state index in [2.05, 4.69) is 22.2 Å². The lowest BCUT2D eigenvalue weighted by molar-refractivity contribution is 0.165. The van der Waals surface area contributed by atoms with Crippen molar-refractivity contribution in [3.8, 4) is 0 Å². The molecule has 1 spiro atoms. The van der Waals surface area contributed by atoms with Crippen molar-refractivity contribution in [1.82, 2.24) is 10.0 Å². The largest absolute Gasteiger partial charge is 0.319 e. The maximum absolute atomic E-state index is 12.9. The molecule has 25 heavy (non-hydrogen) atoms. The second kappa shape index (κ2) is 6.60. The molecule has 0 amide bonds. The third-order valence-corrected chi connectivity index (χ3v) is 8.68. The Bertz CT molecular complexity index is 729. The van der Waals surface area contributed by atoms with Gasteiger partial charge in [-0.3, -0.25) is 0 Å². The summed E-state index contributed by atoms with van der Waals surface area (Å²) in [5.41, 5.74) is 2.64. The molecule has 4 nitrogen and oxygen atoms in total. The van der Waals surface area contributed by atoms with Crippen molar-refractivity contribution < 1.29 is 8.77 Å². The van der Waals surface area contributed by atoms with Crippen molar-refractivity contribution in [2.24, 2.45) is 5.41 Å². The molecule has 6 heteroatoms. The van der Waals surface area contributed by atoms with Gasteiger partial charge in [-0.1, -0.05) is 12.1 Å². The van der Waals surface area contributed by atoms with Gasteiger partial charge in [0, 0.05) is 5.30 Å². The van der Waals surface area contributed by atoms with Crippen LogP contribution in [0.5, 0.6) is 0 Å². The lowest BCUT2D eigenvalue weighted by Gasteiger charge is -2.40. The van der Waals surface area contributed by atoms with Gasteiger partial charge in [0.15, 0.2) is 0 Å². The number of piperidine rings is 1. The van der Waals surface area contributed by atoms with Crippen molar-refractivity contribution in [3.63, 3.8) is 0 Å². The lowest BCUT2D eigenvalue weighted by Crippen LogP contribution is -2.46. The maximum Gasteiger partial charge on any atom is 0.109 e. The standard InChI is InChI=1S/C19H31N2O2PS/c1-18(2,3)25(23)21-17-16-12-15(24(4,5)22)7-6-14(16)13-19(17)8-10-20-11-9-19/h6-7,12,17,20-21H,8-11,13H2,1-5H3/t17-,25?/m1/s1. The smallest absolute Gasteiger partial charge is 0.109 e. The second-order valence-corrected chi connectivity index (χ2v) is 14.2. The van der Waals surface area contributed by atoms with Crippen LogP contribution >= 0.6 is 7.14 Å². The first-order valence-corrected chi connectivity index (χ1v) is 12.9. The highest BCUT2D eigenvalue weighted by atomic mass is 32.2. The molecule has 1 aliphatic carbocycles. The van der Waals surface area contributed by atoms with Crippen molar-refractivity contribution in [2.75, 3.05) is 26.4 Å². The lowest BCUT2D eigenvalue weighted by atomic mass is 9.73. The molecule has 0 saturated carbocycles. The molecule has 2 atom stereocenters. The highest BCUT2D eigenvalue weighted by Crippen LogP contribution is 2.52. The Labute approximate surface area is 154 Å². The summed E-state index contributed by atoms with van der Waals surface area (Å²) >= 11 is 0. The molecule has 140 valence electrons. The molecule has 3 rings (SSSR count). The molecule has 1 aromatic rings. The van der Waals surface area contributed by atoms with E-state index in [1.807, 2.05) is 40.2 Å². The number of benzene rings is 1. The van der Waals surface area contributed by atoms with Crippen molar-refractivity contribution in [2.45, 2.75) is 50.8 Å². The van der Waals surface area contributed by atoms with E-state index >= 15 is 0 Å². The van der Waals surface area contributed by atoms with E-state index in [9.17, 15) is 8.77 Å². The van der Waals surface area contributed by atoms with E-state index in [1.54, 1.807) is 0 Å². The van der Waals surface area contributed by atoms with Crippen LogP contribution < -0.4 is 15.3 Å². The Balaban J connectivity index is 2.03. The molecule has 1 aromatic carbocycles. The van der Waals surface area contributed by atoms with Gasteiger partial charge < -0.3 is 9.88 Å². The van der Waals surface area contributed by atoms with Gasteiger partial charge in [-0.2, -0.15) is 0 Å². The Morgan fingerprint density at radius 2 is 1.88 bits per heavy atom. The Kier molecular flexibility index (Phi) is 5.09. The fraction of sp³-hybridized carbons (Fsp3) is 0.684. The van der Waals surface area contributed by atoms with Crippen LogP contribution in [0.2, 0.25) is 0 Å². The van der Waals surface area contributed by atoms with Crippen molar-refractivity contribution in [1.29, 1.82) is 0 Å². The highest BCUT2D eigenvalue weighted by molar-refractivity contribution is 7.84. The summed E-state index contributed by atoms with van der Waals surface area (Å²) in [7, 11) is -3.44. The summed E-state index contributed by atoms with van der Waals surface area (Å²) in [4.78, 5) is 0.